The fourth-order valence-electron chi connectivity index (χ4n) is 12.7. The van der Waals surface area contributed by atoms with E-state index in [2.05, 4.69) is 26.6 Å². The van der Waals surface area contributed by atoms with E-state index in [9.17, 15) is 39.0 Å². The Morgan fingerprint density at radius 1 is 0.500 bits per heavy atom. The van der Waals surface area contributed by atoms with Crippen LogP contribution in [0.3, 0.4) is 0 Å². The van der Waals surface area contributed by atoms with E-state index in [1.165, 1.54) is 70.8 Å². The average molecular weight is 1450 g/mol. The Morgan fingerprint density at radius 2 is 0.971 bits per heavy atom. The fraction of sp³-hybridized carbons (Fsp3) is 0.676. The number of halogens is 1. The van der Waals surface area contributed by atoms with Crippen molar-refractivity contribution in [2.45, 2.75) is 220 Å². The van der Waals surface area contributed by atoms with Gasteiger partial charge in [0.15, 0.2) is 0 Å². The van der Waals surface area contributed by atoms with Crippen LogP contribution in [0.2, 0.25) is 5.02 Å². The molecule has 2 aliphatic heterocycles. The monoisotopic (exact) mass is 1450 g/mol. The molecule has 2 aromatic rings. The van der Waals surface area contributed by atoms with Crippen LogP contribution >= 0.6 is 11.6 Å². The number of carbonyl (C=O) groups excluding carboxylic acids is 12. The predicted molar refractivity (Wildman–Crippen MR) is 387 cm³/mol. The highest BCUT2D eigenvalue weighted by atomic mass is 35.5. The number of hydrogen-bond acceptors (Lipinski definition) is 15. The highest BCUT2D eigenvalue weighted by Gasteiger charge is 2.44. The molecule has 28 heteroatoms. The van der Waals surface area contributed by atoms with Gasteiger partial charge < -0.3 is 75.8 Å². The van der Waals surface area contributed by atoms with Crippen LogP contribution in [0.15, 0.2) is 54.6 Å². The number of aliphatic hydroxyl groups is 2. The van der Waals surface area contributed by atoms with Crippen LogP contribution in [-0.2, 0) is 75.1 Å². The number of carbonyl (C=O) groups is 12. The number of hydrogen-bond donors (Lipinski definition) is 7. The summed E-state index contributed by atoms with van der Waals surface area (Å²) in [6.07, 6.45) is -1.25. The molecule has 102 heavy (non-hydrogen) atoms. The maximum absolute atomic E-state index is 15.6. The van der Waals surface area contributed by atoms with E-state index in [-0.39, 0.29) is 68.8 Å². The smallest absolute Gasteiger partial charge is 0.248 e. The molecular weight excluding hydrogens is 1330 g/mol. The lowest BCUT2D eigenvalue weighted by atomic mass is 9.96. The molecule has 0 spiro atoms. The molecule has 570 valence electrons. The lowest BCUT2D eigenvalue weighted by Gasteiger charge is -2.37. The van der Waals surface area contributed by atoms with Gasteiger partial charge >= 0.3 is 0 Å². The zero-order valence-electron chi connectivity index (χ0n) is 63.3. The van der Waals surface area contributed by atoms with Gasteiger partial charge in [0.25, 0.3) is 0 Å². The molecule has 2 heterocycles. The first-order chi connectivity index (χ1) is 47.7. The summed E-state index contributed by atoms with van der Waals surface area (Å²) in [5, 5.41) is 35.8. The third-order valence-electron chi connectivity index (χ3n) is 18.6. The molecule has 7 N–H and O–H groups in total. The predicted octanol–water partition coefficient (Wildman–Crippen LogP) is 3.18. The third-order valence-corrected chi connectivity index (χ3v) is 18.8. The number of rotatable bonds is 19. The Balaban J connectivity index is 2.00. The van der Waals surface area contributed by atoms with Crippen LogP contribution in [0.25, 0.3) is 0 Å². The molecule has 0 radical (unpaired) electrons. The summed E-state index contributed by atoms with van der Waals surface area (Å²) in [6.45, 7) is 19.8. The van der Waals surface area contributed by atoms with Crippen LogP contribution < -0.4 is 26.6 Å². The Morgan fingerprint density at radius 3 is 1.50 bits per heavy atom. The summed E-state index contributed by atoms with van der Waals surface area (Å²) in [5.74, 6) is -11.0. The van der Waals surface area contributed by atoms with Gasteiger partial charge in [-0.3, -0.25) is 57.5 Å². The number of aliphatic hydroxyl groups excluding tert-OH is 2. The average Bonchev–Trinajstić information content (AvgIpc) is 0.821. The van der Waals surface area contributed by atoms with E-state index in [0.717, 1.165) is 21.1 Å². The minimum absolute atomic E-state index is 0.0130. The molecule has 2 aromatic carbocycles. The second-order valence-electron chi connectivity index (χ2n) is 29.8. The summed E-state index contributed by atoms with van der Waals surface area (Å²) in [4.78, 5) is 188. The molecular formula is C74H117ClN12O15. The number of benzene rings is 2. The summed E-state index contributed by atoms with van der Waals surface area (Å²) in [6, 6.07) is 1.20. The van der Waals surface area contributed by atoms with E-state index in [1.807, 2.05) is 41.5 Å². The minimum Gasteiger partial charge on any atom is -0.391 e. The van der Waals surface area contributed by atoms with Gasteiger partial charge in [-0.1, -0.05) is 123 Å². The molecule has 27 nitrogen and oxygen atoms in total. The maximum atomic E-state index is 15.6. The van der Waals surface area contributed by atoms with Crippen molar-refractivity contribution >= 4 is 82.5 Å². The Bertz CT molecular complexity index is 3160. The SMILES string of the molecule is CC(C)C[C@@H]1NC(=O)[C@H](Cc2ccccc2)N(C)C(=O)[C@@H](C(C)C)NC(=O)C[C@@H](C(=O)N2CCCCC2)NC(=O)[C@H](CC(C)C)N(C)C(=O)[C@H](Cc2cccc(Cl)c2)N(C)C(=O)[C@H](COC[C@H](C)O)NC(=O)[C@H](CC(C)C)N(C)C(=O)CN(C)C(=O)[C@H]([C@@H](C)O)NC(=O)[C@H](CC(C)C)N(C)C1=O. The number of piperidine rings is 1. The molecule has 12 atom stereocenters. The summed E-state index contributed by atoms with van der Waals surface area (Å²) in [5.41, 5.74) is 1.13. The van der Waals surface area contributed by atoms with Crippen LogP contribution in [0.4, 0.5) is 0 Å². The van der Waals surface area contributed by atoms with Crippen LogP contribution in [0.5, 0.6) is 0 Å². The van der Waals surface area contributed by atoms with Gasteiger partial charge in [-0.05, 0) is 112 Å². The normalized spacial score (nSPS) is 25.1. The van der Waals surface area contributed by atoms with E-state index < -0.39 is 169 Å². The first-order valence-corrected chi connectivity index (χ1v) is 36.2. The van der Waals surface area contributed by atoms with Crippen molar-refractivity contribution in [2.24, 2.45) is 29.6 Å². The number of likely N-dealkylation sites (N-methyl/N-ethyl adjacent to an activating group) is 6. The molecule has 2 saturated heterocycles. The zero-order chi connectivity index (χ0) is 76.7. The van der Waals surface area contributed by atoms with Crippen molar-refractivity contribution in [1.82, 2.24) is 60.9 Å². The first kappa shape index (κ1) is 86.7. The maximum Gasteiger partial charge on any atom is 0.248 e. The number of amides is 12. The number of likely N-dealkylation sites (tertiary alicyclic amines) is 1. The van der Waals surface area contributed by atoms with Gasteiger partial charge in [0.1, 0.15) is 60.4 Å². The van der Waals surface area contributed by atoms with Crippen molar-refractivity contribution < 1.29 is 72.5 Å². The van der Waals surface area contributed by atoms with Crippen LogP contribution in [0, 0.1) is 29.6 Å². The number of ether oxygens (including phenoxy) is 1. The van der Waals surface area contributed by atoms with Gasteiger partial charge in [-0.2, -0.15) is 0 Å². The molecule has 4 rings (SSSR count). The first-order valence-electron chi connectivity index (χ1n) is 35.8. The van der Waals surface area contributed by atoms with Gasteiger partial charge in [-0.25, -0.2) is 0 Å². The summed E-state index contributed by atoms with van der Waals surface area (Å²) < 4.78 is 5.82. The molecule has 0 aromatic heterocycles. The van der Waals surface area contributed by atoms with Gasteiger partial charge in [0.2, 0.25) is 70.9 Å². The van der Waals surface area contributed by atoms with Gasteiger partial charge in [-0.15, -0.1) is 0 Å². The number of nitrogens with zero attached hydrogens (tertiary/aromatic N) is 7. The standard InChI is InChI=1S/C74H117ClN12O15/c1-43(2)32-53-69(96)83(15)58(35-46(7)8)68(95)80-64(49(12)89)73(100)81(13)40-62(91)82(14)56(33-44(3)4)65(92)78-55(42-102-41-48(11)88)70(97)86(18)60(38-51-28-25-29-52(75)36-51)72(99)84(16)57(34-45(5)6)66(93)77-54(71(98)87-30-23-20-24-31-87)39-61(90)79-63(47(9)10)74(101)85(17)59(67(94)76-53)37-50-26-21-19-22-27-50/h19,21-22,25-29,36,43-49,53-60,63-64,88-89H,20,23-24,30-35,37-42H2,1-18H3,(H,76,94)(H,77,93)(H,78,92)(H,79,90)(H,80,95)/t48-,49+,53-,54-,55-,56-,57-,58-,59-,60-,63+,64-/m0/s1. The van der Waals surface area contributed by atoms with Crippen molar-refractivity contribution in [3.63, 3.8) is 0 Å². The van der Waals surface area contributed by atoms with Crippen molar-refractivity contribution in [2.75, 3.05) is 75.1 Å². The van der Waals surface area contributed by atoms with Crippen molar-refractivity contribution in [3.05, 3.63) is 70.7 Å². The molecule has 0 saturated carbocycles. The second-order valence-corrected chi connectivity index (χ2v) is 30.2. The molecule has 12 amide bonds. The Labute approximate surface area is 608 Å². The fourth-order valence-corrected chi connectivity index (χ4v) is 12.9. The topological polar surface area (TPSA) is 337 Å². The second kappa shape index (κ2) is 40.9. The highest BCUT2D eigenvalue weighted by molar-refractivity contribution is 6.30. The molecule has 2 aliphatic rings. The lowest BCUT2D eigenvalue weighted by Crippen LogP contribution is -2.62. The van der Waals surface area contributed by atoms with E-state index in [0.29, 0.717) is 42.1 Å². The molecule has 2 fully saturated rings. The quantitative estimate of drug-likeness (QED) is 0.106. The third kappa shape index (κ3) is 25.9. The Kier molecular flexibility index (Phi) is 34.8. The van der Waals surface area contributed by atoms with Crippen LogP contribution in [0.1, 0.15) is 146 Å². The zero-order valence-corrected chi connectivity index (χ0v) is 64.1. The minimum atomic E-state index is -1.68. The van der Waals surface area contributed by atoms with Crippen molar-refractivity contribution in [1.29, 1.82) is 0 Å². The van der Waals surface area contributed by atoms with Crippen LogP contribution in [-0.4, -0.2) is 263 Å². The number of nitrogens with one attached hydrogen (secondary N) is 5. The van der Waals surface area contributed by atoms with E-state index in [1.54, 1.807) is 87.2 Å². The van der Waals surface area contributed by atoms with E-state index >= 15 is 28.8 Å². The molecule has 0 bridgehead atoms. The van der Waals surface area contributed by atoms with E-state index in [4.69, 9.17) is 16.3 Å². The van der Waals surface area contributed by atoms with Gasteiger partial charge in [0, 0.05) is 73.2 Å². The Hall–Kier alpha value is -7.75. The molecule has 0 unspecified atom stereocenters. The summed E-state index contributed by atoms with van der Waals surface area (Å²) in [7, 11) is 8.12. The largest absolute Gasteiger partial charge is 0.391 e. The van der Waals surface area contributed by atoms with Gasteiger partial charge in [0.05, 0.1) is 38.4 Å². The summed E-state index contributed by atoms with van der Waals surface area (Å²) >= 11 is 6.51. The molecule has 0 aliphatic carbocycles. The highest BCUT2D eigenvalue weighted by Crippen LogP contribution is 2.24. The van der Waals surface area contributed by atoms with Crippen molar-refractivity contribution in [3.8, 4) is 0 Å². The lowest BCUT2D eigenvalue weighted by molar-refractivity contribution is -0.151.